The molecule has 0 amide bonds. The highest BCUT2D eigenvalue weighted by Gasteiger charge is 2.39. The highest BCUT2D eigenvalue weighted by Crippen LogP contribution is 2.37. The second-order valence-corrected chi connectivity index (χ2v) is 17.4. The molecule has 1 atom stereocenters. The zero-order valence-electron chi connectivity index (χ0n) is 20.0. The molecule has 8 heteroatoms. The summed E-state index contributed by atoms with van der Waals surface area (Å²) in [6, 6.07) is 6.84. The van der Waals surface area contributed by atoms with Crippen LogP contribution in [0.15, 0.2) is 24.3 Å². The van der Waals surface area contributed by atoms with Gasteiger partial charge in [0.15, 0.2) is 8.32 Å². The van der Waals surface area contributed by atoms with E-state index in [0.29, 0.717) is 6.61 Å². The summed E-state index contributed by atoms with van der Waals surface area (Å²) in [4.78, 5) is 11.7. The van der Waals surface area contributed by atoms with E-state index in [9.17, 15) is 13.2 Å². The van der Waals surface area contributed by atoms with E-state index >= 15 is 0 Å². The summed E-state index contributed by atoms with van der Waals surface area (Å²) in [5, 5.41) is 0.0178. The number of sulfonamides is 1. The summed E-state index contributed by atoms with van der Waals surface area (Å²) < 4.78 is 38.9. The Morgan fingerprint density at radius 2 is 1.60 bits per heavy atom. The van der Waals surface area contributed by atoms with Crippen LogP contribution in [0.3, 0.4) is 0 Å². The molecule has 1 aromatic rings. The van der Waals surface area contributed by atoms with Crippen LogP contribution in [-0.4, -0.2) is 40.7 Å². The molecule has 0 heterocycles. The van der Waals surface area contributed by atoms with Crippen LogP contribution in [0.4, 0.5) is 0 Å². The average Bonchev–Trinajstić information content (AvgIpc) is 2.57. The van der Waals surface area contributed by atoms with Gasteiger partial charge in [-0.1, -0.05) is 45.0 Å². The van der Waals surface area contributed by atoms with Crippen molar-refractivity contribution in [3.63, 3.8) is 0 Å². The van der Waals surface area contributed by atoms with Crippen LogP contribution >= 0.6 is 0 Å². The van der Waals surface area contributed by atoms with Crippen molar-refractivity contribution in [1.82, 2.24) is 4.72 Å². The van der Waals surface area contributed by atoms with Gasteiger partial charge < -0.3 is 9.16 Å². The Hall–Kier alpha value is -1.22. The Labute approximate surface area is 183 Å². The third-order valence-electron chi connectivity index (χ3n) is 5.56. The SMILES string of the molecule is CCOC(=O)Cc1ccc([C@@H](CO[Si](C)(C)C(C)(C)C)NS(=O)(=O)C(C)(C)C)cc1. The first-order valence-electron chi connectivity index (χ1n) is 10.4. The topological polar surface area (TPSA) is 81.7 Å². The van der Waals surface area contributed by atoms with E-state index in [0.717, 1.165) is 11.1 Å². The second kappa shape index (κ2) is 9.93. The highest BCUT2D eigenvalue weighted by atomic mass is 32.2. The van der Waals surface area contributed by atoms with E-state index in [1.165, 1.54) is 0 Å². The molecule has 0 fully saturated rings. The number of esters is 1. The van der Waals surface area contributed by atoms with Crippen molar-refractivity contribution >= 4 is 24.3 Å². The zero-order chi connectivity index (χ0) is 23.4. The molecule has 0 aliphatic carbocycles. The predicted molar refractivity (Wildman–Crippen MR) is 124 cm³/mol. The number of ether oxygens (including phenoxy) is 1. The van der Waals surface area contributed by atoms with Crippen molar-refractivity contribution in [3.8, 4) is 0 Å². The van der Waals surface area contributed by atoms with Crippen LogP contribution in [0.5, 0.6) is 0 Å². The molecule has 1 rings (SSSR count). The lowest BCUT2D eigenvalue weighted by Crippen LogP contribution is -2.46. The standard InChI is InChI=1S/C22H39NO5SSi/c1-10-27-20(24)15-17-11-13-18(14-12-17)19(23-29(25,26)21(2,3)4)16-28-30(8,9)22(5,6)7/h11-14,19,23H,10,15-16H2,1-9H3/t19-/m1/s1. The number of nitrogens with one attached hydrogen (secondary N) is 1. The largest absolute Gasteiger partial charge is 0.466 e. The Bertz CT molecular complexity index is 805. The number of hydrogen-bond acceptors (Lipinski definition) is 5. The molecule has 6 nitrogen and oxygen atoms in total. The summed E-state index contributed by atoms with van der Waals surface area (Å²) >= 11 is 0. The normalized spacial score (nSPS) is 14.4. The third-order valence-corrected chi connectivity index (χ3v) is 12.3. The fraction of sp³-hybridized carbons (Fsp3) is 0.682. The fourth-order valence-corrected chi connectivity index (χ4v) is 4.27. The molecule has 0 unspecified atom stereocenters. The van der Waals surface area contributed by atoms with E-state index in [1.54, 1.807) is 27.7 Å². The smallest absolute Gasteiger partial charge is 0.310 e. The molecule has 0 radical (unpaired) electrons. The Balaban J connectivity index is 3.13. The van der Waals surface area contributed by atoms with E-state index < -0.39 is 29.1 Å². The quantitative estimate of drug-likeness (QED) is 0.434. The molecule has 1 N–H and O–H groups in total. The lowest BCUT2D eigenvalue weighted by Gasteiger charge is -2.37. The summed E-state index contributed by atoms with van der Waals surface area (Å²) in [5.41, 5.74) is 1.62. The van der Waals surface area contributed by atoms with Gasteiger partial charge in [-0.25, -0.2) is 13.1 Å². The van der Waals surface area contributed by atoms with Gasteiger partial charge in [-0.15, -0.1) is 0 Å². The van der Waals surface area contributed by atoms with E-state index in [2.05, 4.69) is 38.6 Å². The molecule has 0 saturated heterocycles. The maximum atomic E-state index is 12.8. The maximum Gasteiger partial charge on any atom is 0.310 e. The Morgan fingerprint density at radius 3 is 2.03 bits per heavy atom. The first kappa shape index (κ1) is 26.8. The lowest BCUT2D eigenvalue weighted by atomic mass is 10.0. The molecular weight excluding hydrogens is 418 g/mol. The number of hydrogen-bond donors (Lipinski definition) is 1. The Morgan fingerprint density at radius 1 is 1.07 bits per heavy atom. The van der Waals surface area contributed by atoms with Crippen molar-refractivity contribution in [2.45, 2.75) is 83.8 Å². The fourth-order valence-electron chi connectivity index (χ4n) is 2.32. The number of carbonyl (C=O) groups is 1. The van der Waals surface area contributed by atoms with Gasteiger partial charge in [-0.3, -0.25) is 4.79 Å². The van der Waals surface area contributed by atoms with Crippen LogP contribution in [0.25, 0.3) is 0 Å². The van der Waals surface area contributed by atoms with Crippen molar-refractivity contribution in [3.05, 3.63) is 35.4 Å². The van der Waals surface area contributed by atoms with Gasteiger partial charge in [-0.2, -0.15) is 0 Å². The minimum absolute atomic E-state index is 0.0178. The Kier molecular flexibility index (Phi) is 8.88. The van der Waals surface area contributed by atoms with Gasteiger partial charge in [0.1, 0.15) is 0 Å². The van der Waals surface area contributed by atoms with Gasteiger partial charge in [0.2, 0.25) is 10.0 Å². The zero-order valence-corrected chi connectivity index (χ0v) is 21.8. The van der Waals surface area contributed by atoms with Crippen LogP contribution in [0, 0.1) is 0 Å². The minimum atomic E-state index is -3.57. The van der Waals surface area contributed by atoms with E-state index in [4.69, 9.17) is 9.16 Å². The first-order chi connectivity index (χ1) is 13.5. The molecule has 0 bridgehead atoms. The van der Waals surface area contributed by atoms with Crippen molar-refractivity contribution in [2.24, 2.45) is 0 Å². The van der Waals surface area contributed by atoms with Crippen molar-refractivity contribution in [2.75, 3.05) is 13.2 Å². The summed E-state index contributed by atoms with van der Waals surface area (Å²) in [7, 11) is -5.63. The molecule has 0 aromatic heterocycles. The molecule has 172 valence electrons. The van der Waals surface area contributed by atoms with Crippen LogP contribution in [0.2, 0.25) is 18.1 Å². The molecular formula is C22H39NO5SSi. The average molecular weight is 458 g/mol. The third kappa shape index (κ3) is 7.48. The van der Waals surface area contributed by atoms with Crippen molar-refractivity contribution in [1.29, 1.82) is 0 Å². The number of carbonyl (C=O) groups excluding carboxylic acids is 1. The minimum Gasteiger partial charge on any atom is -0.466 e. The summed E-state index contributed by atoms with van der Waals surface area (Å²) in [6.45, 7) is 18.1. The van der Waals surface area contributed by atoms with Gasteiger partial charge in [-0.05, 0) is 57.0 Å². The summed E-state index contributed by atoms with van der Waals surface area (Å²) in [6.07, 6.45) is 0.187. The van der Waals surface area contributed by atoms with E-state index in [1.807, 2.05) is 24.3 Å². The first-order valence-corrected chi connectivity index (χ1v) is 14.8. The second-order valence-electron chi connectivity index (χ2n) is 10.1. The van der Waals surface area contributed by atoms with Gasteiger partial charge in [0, 0.05) is 0 Å². The summed E-state index contributed by atoms with van der Waals surface area (Å²) in [5.74, 6) is -0.281. The molecule has 30 heavy (non-hydrogen) atoms. The number of rotatable bonds is 9. The van der Waals surface area contributed by atoms with E-state index in [-0.39, 0.29) is 24.0 Å². The van der Waals surface area contributed by atoms with Crippen LogP contribution < -0.4 is 4.72 Å². The van der Waals surface area contributed by atoms with Gasteiger partial charge >= 0.3 is 5.97 Å². The van der Waals surface area contributed by atoms with Crippen LogP contribution in [-0.2, 0) is 30.4 Å². The number of benzene rings is 1. The molecule has 0 aliphatic heterocycles. The van der Waals surface area contributed by atoms with Gasteiger partial charge in [0.25, 0.3) is 0 Å². The van der Waals surface area contributed by atoms with Crippen molar-refractivity contribution < 1.29 is 22.4 Å². The predicted octanol–water partition coefficient (Wildman–Crippen LogP) is 4.57. The maximum absolute atomic E-state index is 12.8. The molecule has 0 spiro atoms. The van der Waals surface area contributed by atoms with Crippen LogP contribution in [0.1, 0.15) is 65.6 Å². The molecule has 0 saturated carbocycles. The highest BCUT2D eigenvalue weighted by molar-refractivity contribution is 7.90. The van der Waals surface area contributed by atoms with Gasteiger partial charge in [0.05, 0.1) is 30.4 Å². The molecule has 0 aliphatic rings. The lowest BCUT2D eigenvalue weighted by molar-refractivity contribution is -0.142. The monoisotopic (exact) mass is 457 g/mol. The molecule has 1 aromatic carbocycles.